The van der Waals surface area contributed by atoms with Gasteiger partial charge in [0.1, 0.15) is 11.5 Å². The van der Waals surface area contributed by atoms with Crippen molar-refractivity contribution in [3.63, 3.8) is 0 Å². The second-order valence-corrected chi connectivity index (χ2v) is 4.49. The average molecular weight is 243 g/mol. The first kappa shape index (κ1) is 11.2. The quantitative estimate of drug-likeness (QED) is 0.894. The summed E-state index contributed by atoms with van der Waals surface area (Å²) in [5.74, 6) is 1.75. The number of rotatable bonds is 3. The minimum absolute atomic E-state index is 0.777. The van der Waals surface area contributed by atoms with Crippen molar-refractivity contribution in [3.05, 3.63) is 23.8 Å². The molecule has 0 spiro atoms. The van der Waals surface area contributed by atoms with E-state index in [0.717, 1.165) is 36.7 Å². The van der Waals surface area contributed by atoms with Gasteiger partial charge < -0.3 is 9.88 Å². The van der Waals surface area contributed by atoms with Crippen LogP contribution in [0.2, 0.25) is 0 Å². The molecule has 1 aliphatic carbocycles. The number of imidazole rings is 1. The van der Waals surface area contributed by atoms with E-state index >= 15 is 0 Å². The van der Waals surface area contributed by atoms with Gasteiger partial charge in [0.15, 0.2) is 5.82 Å². The van der Waals surface area contributed by atoms with Gasteiger partial charge in [-0.05, 0) is 26.2 Å². The van der Waals surface area contributed by atoms with Gasteiger partial charge in [0.05, 0.1) is 12.5 Å². The van der Waals surface area contributed by atoms with Crippen LogP contribution >= 0.6 is 0 Å². The summed E-state index contributed by atoms with van der Waals surface area (Å²) in [4.78, 5) is 13.5. The number of aryl methyl sites for hydroxylation is 2. The van der Waals surface area contributed by atoms with E-state index in [9.17, 15) is 0 Å². The summed E-state index contributed by atoms with van der Waals surface area (Å²) in [6.07, 6.45) is 6.97. The maximum atomic E-state index is 4.70. The molecule has 0 aliphatic heterocycles. The molecule has 0 atom stereocenters. The van der Waals surface area contributed by atoms with Crippen LogP contribution in [0, 0.1) is 0 Å². The van der Waals surface area contributed by atoms with Gasteiger partial charge in [-0.25, -0.2) is 15.0 Å². The third kappa shape index (κ3) is 1.66. The fourth-order valence-corrected chi connectivity index (χ4v) is 2.51. The zero-order valence-electron chi connectivity index (χ0n) is 10.8. The Hall–Kier alpha value is -1.91. The van der Waals surface area contributed by atoms with Gasteiger partial charge in [0.25, 0.3) is 0 Å². The molecule has 1 N–H and O–H groups in total. The second kappa shape index (κ2) is 4.40. The molecule has 1 aliphatic rings. The number of hydrogen-bond donors (Lipinski definition) is 1. The van der Waals surface area contributed by atoms with Crippen LogP contribution in [0.5, 0.6) is 0 Å². The molecule has 0 radical (unpaired) electrons. The molecule has 0 fully saturated rings. The van der Waals surface area contributed by atoms with E-state index in [0.29, 0.717) is 0 Å². The Bertz CT molecular complexity index is 573. The molecule has 18 heavy (non-hydrogen) atoms. The predicted molar refractivity (Wildman–Crippen MR) is 70.5 cm³/mol. The fourth-order valence-electron chi connectivity index (χ4n) is 2.51. The molecule has 0 saturated heterocycles. The van der Waals surface area contributed by atoms with Crippen LogP contribution in [0.1, 0.15) is 24.6 Å². The Morgan fingerprint density at radius 2 is 2.22 bits per heavy atom. The summed E-state index contributed by atoms with van der Waals surface area (Å²) in [5.41, 5.74) is 3.46. The van der Waals surface area contributed by atoms with Gasteiger partial charge in [-0.1, -0.05) is 0 Å². The number of fused-ring (bicyclic) bond motifs is 1. The maximum absolute atomic E-state index is 4.70. The van der Waals surface area contributed by atoms with Gasteiger partial charge in [-0.15, -0.1) is 0 Å². The van der Waals surface area contributed by atoms with E-state index in [1.807, 2.05) is 19.6 Å². The Morgan fingerprint density at radius 3 is 3.00 bits per heavy atom. The summed E-state index contributed by atoms with van der Waals surface area (Å²) < 4.78 is 2.07. The molecule has 5 nitrogen and oxygen atoms in total. The Labute approximate surface area is 106 Å². The van der Waals surface area contributed by atoms with Crippen molar-refractivity contribution in [1.82, 2.24) is 19.5 Å². The van der Waals surface area contributed by atoms with E-state index in [-0.39, 0.29) is 0 Å². The van der Waals surface area contributed by atoms with E-state index in [1.165, 1.54) is 17.7 Å². The molecule has 2 heterocycles. The summed E-state index contributed by atoms with van der Waals surface area (Å²) in [6, 6.07) is 0. The molecular weight excluding hydrogens is 226 g/mol. The molecule has 94 valence electrons. The molecule has 5 heteroatoms. The zero-order chi connectivity index (χ0) is 12.5. The first-order valence-corrected chi connectivity index (χ1v) is 6.41. The Kier molecular flexibility index (Phi) is 2.74. The summed E-state index contributed by atoms with van der Waals surface area (Å²) >= 11 is 0. The van der Waals surface area contributed by atoms with Crippen molar-refractivity contribution in [2.24, 2.45) is 0 Å². The van der Waals surface area contributed by atoms with Gasteiger partial charge in [0, 0.05) is 24.8 Å². The number of anilines is 1. The molecule has 2 aromatic heterocycles. The molecule has 2 aromatic rings. The van der Waals surface area contributed by atoms with Crippen molar-refractivity contribution >= 4 is 5.82 Å². The Balaban J connectivity index is 2.13. The lowest BCUT2D eigenvalue weighted by atomic mass is 10.2. The predicted octanol–water partition coefficient (Wildman–Crippen LogP) is 1.89. The van der Waals surface area contributed by atoms with Crippen molar-refractivity contribution in [2.75, 3.05) is 12.4 Å². The van der Waals surface area contributed by atoms with Crippen LogP contribution in [0.25, 0.3) is 11.5 Å². The molecular formula is C13H17N5. The lowest BCUT2D eigenvalue weighted by molar-refractivity contribution is 0.762. The molecule has 0 bridgehead atoms. The van der Waals surface area contributed by atoms with Crippen molar-refractivity contribution in [2.45, 2.75) is 32.7 Å². The number of nitrogens with one attached hydrogen (secondary N) is 1. The standard InChI is InChI=1S/C13H17N5/c1-3-18-8-15-7-11(18)13-16-10-6-4-5-9(10)12(14-2)17-13/h7-8H,3-6H2,1-2H3,(H,14,16,17). The topological polar surface area (TPSA) is 55.6 Å². The summed E-state index contributed by atoms with van der Waals surface area (Å²) in [5, 5.41) is 3.19. The molecule has 0 aromatic carbocycles. The van der Waals surface area contributed by atoms with E-state index in [2.05, 4.69) is 26.8 Å². The zero-order valence-corrected chi connectivity index (χ0v) is 10.8. The second-order valence-electron chi connectivity index (χ2n) is 4.49. The van der Waals surface area contributed by atoms with Crippen LogP contribution in [-0.2, 0) is 19.4 Å². The highest BCUT2D eigenvalue weighted by molar-refractivity contribution is 5.57. The fraction of sp³-hybridized carbons (Fsp3) is 0.462. The molecule has 0 amide bonds. The van der Waals surface area contributed by atoms with Gasteiger partial charge in [-0.3, -0.25) is 0 Å². The van der Waals surface area contributed by atoms with Gasteiger partial charge in [0.2, 0.25) is 0 Å². The first-order chi connectivity index (χ1) is 8.83. The normalized spacial score (nSPS) is 13.7. The number of aromatic nitrogens is 4. The van der Waals surface area contributed by atoms with Crippen LogP contribution < -0.4 is 5.32 Å². The van der Waals surface area contributed by atoms with E-state index in [4.69, 9.17) is 4.98 Å². The van der Waals surface area contributed by atoms with Crippen molar-refractivity contribution in [3.8, 4) is 11.5 Å². The third-order valence-corrected chi connectivity index (χ3v) is 3.45. The SMILES string of the molecule is CCn1cncc1-c1nc2c(c(NC)n1)CCC2. The monoisotopic (exact) mass is 243 g/mol. The molecule has 0 unspecified atom stereocenters. The van der Waals surface area contributed by atoms with E-state index in [1.54, 1.807) is 0 Å². The van der Waals surface area contributed by atoms with Gasteiger partial charge >= 0.3 is 0 Å². The smallest absolute Gasteiger partial charge is 0.180 e. The summed E-state index contributed by atoms with van der Waals surface area (Å²) in [6.45, 7) is 2.97. The third-order valence-electron chi connectivity index (χ3n) is 3.45. The largest absolute Gasteiger partial charge is 0.373 e. The maximum Gasteiger partial charge on any atom is 0.180 e. The van der Waals surface area contributed by atoms with Crippen molar-refractivity contribution in [1.29, 1.82) is 0 Å². The van der Waals surface area contributed by atoms with E-state index < -0.39 is 0 Å². The first-order valence-electron chi connectivity index (χ1n) is 6.41. The minimum Gasteiger partial charge on any atom is -0.373 e. The highest BCUT2D eigenvalue weighted by atomic mass is 15.1. The summed E-state index contributed by atoms with van der Waals surface area (Å²) in [7, 11) is 1.92. The van der Waals surface area contributed by atoms with Crippen molar-refractivity contribution < 1.29 is 0 Å². The van der Waals surface area contributed by atoms with Gasteiger partial charge in [-0.2, -0.15) is 0 Å². The highest BCUT2D eigenvalue weighted by Crippen LogP contribution is 2.28. The molecule has 0 saturated carbocycles. The lowest BCUT2D eigenvalue weighted by Gasteiger charge is -2.10. The average Bonchev–Trinajstić information content (AvgIpc) is 3.05. The number of hydrogen-bond acceptors (Lipinski definition) is 4. The Morgan fingerprint density at radius 1 is 1.33 bits per heavy atom. The number of nitrogens with zero attached hydrogens (tertiary/aromatic N) is 4. The van der Waals surface area contributed by atoms with Crippen LogP contribution in [0.3, 0.4) is 0 Å². The highest BCUT2D eigenvalue weighted by Gasteiger charge is 2.20. The minimum atomic E-state index is 0.777. The van der Waals surface area contributed by atoms with Crippen LogP contribution in [-0.4, -0.2) is 26.6 Å². The van der Waals surface area contributed by atoms with Crippen LogP contribution in [0.4, 0.5) is 5.82 Å². The molecule has 3 rings (SSSR count). The lowest BCUT2D eigenvalue weighted by Crippen LogP contribution is -2.05. The van der Waals surface area contributed by atoms with Crippen LogP contribution in [0.15, 0.2) is 12.5 Å².